The van der Waals surface area contributed by atoms with E-state index in [1.807, 2.05) is 4.90 Å². The van der Waals surface area contributed by atoms with Gasteiger partial charge in [0, 0.05) is 50.2 Å². The Bertz CT molecular complexity index is 1370. The highest BCUT2D eigenvalue weighted by atomic mass is 35.5. The molecule has 2 saturated heterocycles. The van der Waals surface area contributed by atoms with Crippen LogP contribution in [0.15, 0.2) is 41.3 Å². The topological polar surface area (TPSA) is 83.1 Å². The molecule has 0 spiro atoms. The van der Waals surface area contributed by atoms with Gasteiger partial charge in [-0.1, -0.05) is 22.9 Å². The van der Waals surface area contributed by atoms with Gasteiger partial charge in [-0.2, -0.15) is 4.31 Å². The number of rotatable bonds is 8. The van der Waals surface area contributed by atoms with Crippen LogP contribution in [0, 0.1) is 19.8 Å². The van der Waals surface area contributed by atoms with Gasteiger partial charge in [0.2, 0.25) is 15.9 Å². The monoisotopic (exact) mass is 590 g/mol. The average Bonchev–Trinajstić information content (AvgIpc) is 3.34. The fourth-order valence-corrected chi connectivity index (χ4v) is 7.85. The number of halogens is 1. The van der Waals surface area contributed by atoms with E-state index in [2.05, 4.69) is 30.9 Å². The Morgan fingerprint density at radius 3 is 2.44 bits per heavy atom. The van der Waals surface area contributed by atoms with Crippen molar-refractivity contribution in [3.05, 3.63) is 52.5 Å². The standard InChI is InChI=1S/C28H35ClN4O4S2/c1-20-18-25-26(19-21(20)2)38-28(30-25)33(11-3-10-31-14-16-37-17-15-31)27(34)22-8-12-32(13-9-22)39(35,36)24-6-4-23(29)5-7-24/h4-7,18-19,22H,3,8-17H2,1-2H3. The first-order valence-corrected chi connectivity index (χ1v) is 16.1. The lowest BCUT2D eigenvalue weighted by Gasteiger charge is -2.33. The second-order valence-electron chi connectivity index (χ2n) is 10.3. The van der Waals surface area contributed by atoms with Gasteiger partial charge in [-0.25, -0.2) is 13.4 Å². The van der Waals surface area contributed by atoms with E-state index in [4.69, 9.17) is 21.3 Å². The third-order valence-electron chi connectivity index (χ3n) is 7.70. The molecule has 0 unspecified atom stereocenters. The van der Waals surface area contributed by atoms with Crippen LogP contribution in [0.5, 0.6) is 0 Å². The molecule has 2 aromatic carbocycles. The smallest absolute Gasteiger partial charge is 0.243 e. The third-order valence-corrected chi connectivity index (χ3v) is 10.9. The Morgan fingerprint density at radius 2 is 1.74 bits per heavy atom. The summed E-state index contributed by atoms with van der Waals surface area (Å²) in [5, 5.41) is 1.21. The maximum absolute atomic E-state index is 13.9. The van der Waals surface area contributed by atoms with Crippen LogP contribution in [0.1, 0.15) is 30.4 Å². The molecule has 2 aliphatic rings. The minimum Gasteiger partial charge on any atom is -0.379 e. The largest absolute Gasteiger partial charge is 0.379 e. The van der Waals surface area contributed by atoms with Crippen LogP contribution >= 0.6 is 22.9 Å². The van der Waals surface area contributed by atoms with E-state index < -0.39 is 10.0 Å². The number of thiazole rings is 1. The van der Waals surface area contributed by atoms with Gasteiger partial charge in [0.25, 0.3) is 0 Å². The van der Waals surface area contributed by atoms with Gasteiger partial charge in [-0.05, 0) is 80.6 Å². The summed E-state index contributed by atoms with van der Waals surface area (Å²) in [5.74, 6) is -0.214. The number of carbonyl (C=O) groups excluding carboxylic acids is 1. The van der Waals surface area contributed by atoms with E-state index in [0.717, 1.165) is 54.6 Å². The van der Waals surface area contributed by atoms with Crippen molar-refractivity contribution in [1.29, 1.82) is 0 Å². The fraction of sp³-hybridized carbons (Fsp3) is 0.500. The van der Waals surface area contributed by atoms with Crippen molar-refractivity contribution in [3.8, 4) is 0 Å². The molecule has 0 atom stereocenters. The van der Waals surface area contributed by atoms with Crippen LogP contribution in [-0.4, -0.2) is 81.0 Å². The van der Waals surface area contributed by atoms with E-state index in [1.165, 1.54) is 27.6 Å². The summed E-state index contributed by atoms with van der Waals surface area (Å²) < 4.78 is 34.3. The lowest BCUT2D eigenvalue weighted by Crippen LogP contribution is -2.45. The van der Waals surface area contributed by atoms with Crippen molar-refractivity contribution in [3.63, 3.8) is 0 Å². The van der Waals surface area contributed by atoms with Gasteiger partial charge in [0.05, 0.1) is 28.3 Å². The van der Waals surface area contributed by atoms with Crippen LogP contribution in [0.25, 0.3) is 10.2 Å². The van der Waals surface area contributed by atoms with Crippen molar-refractivity contribution in [2.24, 2.45) is 5.92 Å². The summed E-state index contributed by atoms with van der Waals surface area (Å²) in [6, 6.07) is 10.5. The number of aryl methyl sites for hydroxylation is 2. The number of sulfonamides is 1. The molecule has 0 aliphatic carbocycles. The Balaban J connectivity index is 1.31. The number of amides is 1. The summed E-state index contributed by atoms with van der Waals surface area (Å²) in [5.41, 5.74) is 3.30. The van der Waals surface area contributed by atoms with Gasteiger partial charge in [-0.15, -0.1) is 0 Å². The number of benzene rings is 2. The van der Waals surface area contributed by atoms with Gasteiger partial charge in [0.1, 0.15) is 0 Å². The van der Waals surface area contributed by atoms with Crippen molar-refractivity contribution in [1.82, 2.24) is 14.2 Å². The lowest BCUT2D eigenvalue weighted by atomic mass is 9.96. The number of hydrogen-bond acceptors (Lipinski definition) is 7. The molecule has 3 heterocycles. The van der Waals surface area contributed by atoms with E-state index in [0.29, 0.717) is 37.5 Å². The van der Waals surface area contributed by atoms with Crippen LogP contribution in [0.3, 0.4) is 0 Å². The highest BCUT2D eigenvalue weighted by Gasteiger charge is 2.35. The van der Waals surface area contributed by atoms with Crippen molar-refractivity contribution in [2.75, 3.05) is 57.4 Å². The molecule has 11 heteroatoms. The molecule has 210 valence electrons. The summed E-state index contributed by atoms with van der Waals surface area (Å²) in [6.07, 6.45) is 1.80. The first kappa shape index (κ1) is 28.4. The number of morpholine rings is 1. The molecule has 0 bridgehead atoms. The Morgan fingerprint density at radius 1 is 1.08 bits per heavy atom. The van der Waals surface area contributed by atoms with Crippen molar-refractivity contribution >= 4 is 54.2 Å². The molecule has 2 fully saturated rings. The summed E-state index contributed by atoms with van der Waals surface area (Å²) in [6.45, 7) is 9.57. The molecule has 3 aromatic rings. The van der Waals surface area contributed by atoms with Crippen LogP contribution in [0.2, 0.25) is 5.02 Å². The van der Waals surface area contributed by atoms with E-state index >= 15 is 0 Å². The van der Waals surface area contributed by atoms with Crippen LogP contribution in [0.4, 0.5) is 5.13 Å². The number of piperidine rings is 1. The zero-order valence-corrected chi connectivity index (χ0v) is 24.8. The Labute approximate surface area is 239 Å². The molecule has 1 amide bonds. The molecule has 39 heavy (non-hydrogen) atoms. The summed E-state index contributed by atoms with van der Waals surface area (Å²) in [7, 11) is -3.63. The average molecular weight is 591 g/mol. The molecule has 0 radical (unpaired) electrons. The number of aromatic nitrogens is 1. The zero-order chi connectivity index (χ0) is 27.6. The van der Waals surface area contributed by atoms with Gasteiger partial charge in [-0.3, -0.25) is 14.6 Å². The normalized spacial score (nSPS) is 18.0. The third kappa shape index (κ3) is 6.47. The van der Waals surface area contributed by atoms with Gasteiger partial charge < -0.3 is 4.74 Å². The van der Waals surface area contributed by atoms with Gasteiger partial charge in [0.15, 0.2) is 5.13 Å². The van der Waals surface area contributed by atoms with Crippen LogP contribution < -0.4 is 4.90 Å². The van der Waals surface area contributed by atoms with E-state index in [-0.39, 0.29) is 16.7 Å². The Hall–Kier alpha value is -2.08. The molecule has 2 aliphatic heterocycles. The molecule has 0 N–H and O–H groups in total. The molecular weight excluding hydrogens is 556 g/mol. The van der Waals surface area contributed by atoms with E-state index in [1.54, 1.807) is 23.5 Å². The van der Waals surface area contributed by atoms with Crippen molar-refractivity contribution < 1.29 is 17.9 Å². The molecule has 1 aromatic heterocycles. The van der Waals surface area contributed by atoms with Gasteiger partial charge >= 0.3 is 0 Å². The number of hydrogen-bond donors (Lipinski definition) is 0. The number of ether oxygens (including phenoxy) is 1. The quantitative estimate of drug-likeness (QED) is 0.377. The maximum Gasteiger partial charge on any atom is 0.243 e. The molecule has 5 rings (SSSR count). The molecule has 8 nitrogen and oxygen atoms in total. The second kappa shape index (κ2) is 12.2. The van der Waals surface area contributed by atoms with Crippen LogP contribution in [-0.2, 0) is 19.6 Å². The predicted molar refractivity (Wildman–Crippen MR) is 156 cm³/mol. The highest BCUT2D eigenvalue weighted by Crippen LogP contribution is 2.33. The molecular formula is C28H35ClN4O4S2. The Kier molecular flexibility index (Phi) is 8.90. The van der Waals surface area contributed by atoms with Crippen molar-refractivity contribution in [2.45, 2.75) is 38.0 Å². The number of fused-ring (bicyclic) bond motifs is 1. The minimum absolute atomic E-state index is 0.0352. The first-order valence-electron chi connectivity index (χ1n) is 13.5. The zero-order valence-electron chi connectivity index (χ0n) is 22.4. The summed E-state index contributed by atoms with van der Waals surface area (Å²) in [4.78, 5) is 23.2. The number of carbonyl (C=O) groups is 1. The lowest BCUT2D eigenvalue weighted by molar-refractivity contribution is -0.123. The predicted octanol–water partition coefficient (Wildman–Crippen LogP) is 4.72. The SMILES string of the molecule is Cc1cc2nc(N(CCCN3CCOCC3)C(=O)C3CCN(S(=O)(=O)c4ccc(Cl)cc4)CC3)sc2cc1C. The van der Waals surface area contributed by atoms with E-state index in [9.17, 15) is 13.2 Å². The second-order valence-corrected chi connectivity index (χ2v) is 13.7. The number of nitrogens with zero attached hydrogens (tertiary/aromatic N) is 4. The summed E-state index contributed by atoms with van der Waals surface area (Å²) >= 11 is 7.49. The first-order chi connectivity index (χ1) is 18.7. The number of anilines is 1. The maximum atomic E-state index is 13.9. The fourth-order valence-electron chi connectivity index (χ4n) is 5.18. The molecule has 0 saturated carbocycles. The highest BCUT2D eigenvalue weighted by molar-refractivity contribution is 7.89. The minimum atomic E-state index is -3.63.